The highest BCUT2D eigenvalue weighted by molar-refractivity contribution is 7.89. The number of carbonyl (C=O) groups is 1. The van der Waals surface area contributed by atoms with Gasteiger partial charge in [-0.1, -0.05) is 18.9 Å². The van der Waals surface area contributed by atoms with Crippen LogP contribution < -0.4 is 4.72 Å². The van der Waals surface area contributed by atoms with Crippen LogP contribution in [0.15, 0.2) is 23.1 Å². The third-order valence-corrected chi connectivity index (χ3v) is 5.84. The van der Waals surface area contributed by atoms with Crippen molar-refractivity contribution >= 4 is 15.9 Å². The maximum absolute atomic E-state index is 12.3. The fourth-order valence-electron chi connectivity index (χ4n) is 2.73. The Morgan fingerprint density at radius 2 is 1.74 bits per heavy atom. The van der Waals surface area contributed by atoms with Crippen molar-refractivity contribution in [2.24, 2.45) is 0 Å². The number of sulfonamides is 1. The lowest BCUT2D eigenvalue weighted by molar-refractivity contribution is -0.130. The number of benzene rings is 1. The number of likely N-dealkylation sites (tertiary alicyclic amines) is 1. The van der Waals surface area contributed by atoms with E-state index in [0.717, 1.165) is 37.1 Å². The van der Waals surface area contributed by atoms with Crippen LogP contribution in [0, 0.1) is 13.8 Å². The Bertz CT molecular complexity index is 648. The monoisotopic (exact) mass is 338 g/mol. The molecule has 1 aromatic carbocycles. The third kappa shape index (κ3) is 5.04. The Labute approximate surface area is 139 Å². The van der Waals surface area contributed by atoms with Gasteiger partial charge in [0.2, 0.25) is 15.9 Å². The van der Waals surface area contributed by atoms with Gasteiger partial charge in [-0.25, -0.2) is 13.1 Å². The van der Waals surface area contributed by atoms with Gasteiger partial charge in [-0.3, -0.25) is 4.79 Å². The number of rotatable bonds is 5. The van der Waals surface area contributed by atoms with E-state index in [1.54, 1.807) is 18.2 Å². The van der Waals surface area contributed by atoms with Crippen molar-refractivity contribution in [2.75, 3.05) is 19.6 Å². The second kappa shape index (κ2) is 7.93. The first-order chi connectivity index (χ1) is 10.9. The van der Waals surface area contributed by atoms with Crippen LogP contribution in [-0.4, -0.2) is 38.9 Å². The maximum atomic E-state index is 12.3. The molecule has 0 radical (unpaired) electrons. The molecule has 1 fully saturated rings. The van der Waals surface area contributed by atoms with Crippen LogP contribution in [0.1, 0.15) is 43.2 Å². The van der Waals surface area contributed by atoms with E-state index in [0.29, 0.717) is 0 Å². The number of nitrogens with zero attached hydrogens (tertiary/aromatic N) is 1. The number of carbonyl (C=O) groups excluding carboxylic acids is 1. The van der Waals surface area contributed by atoms with Gasteiger partial charge in [0.1, 0.15) is 0 Å². The summed E-state index contributed by atoms with van der Waals surface area (Å²) in [5.41, 5.74) is 1.99. The number of nitrogens with one attached hydrogen (secondary N) is 1. The predicted molar refractivity (Wildman–Crippen MR) is 90.8 cm³/mol. The van der Waals surface area contributed by atoms with E-state index in [-0.39, 0.29) is 23.8 Å². The average molecular weight is 338 g/mol. The van der Waals surface area contributed by atoms with E-state index in [1.165, 1.54) is 12.8 Å². The molecule has 0 bridgehead atoms. The van der Waals surface area contributed by atoms with Gasteiger partial charge >= 0.3 is 0 Å². The largest absolute Gasteiger partial charge is 0.343 e. The molecule has 0 unspecified atom stereocenters. The standard InChI is InChI=1S/C17H26N2O3S/c1-14-7-8-16(13-15(14)2)23(21,22)18-10-9-17(20)19-11-5-3-4-6-12-19/h7-8,13,18H,3-6,9-12H2,1-2H3. The smallest absolute Gasteiger partial charge is 0.240 e. The molecule has 128 valence electrons. The normalized spacial score (nSPS) is 16.2. The Morgan fingerprint density at radius 3 is 2.35 bits per heavy atom. The molecular weight excluding hydrogens is 312 g/mol. The summed E-state index contributed by atoms with van der Waals surface area (Å²) in [4.78, 5) is 14.3. The highest BCUT2D eigenvalue weighted by Crippen LogP contribution is 2.15. The SMILES string of the molecule is Cc1ccc(S(=O)(=O)NCCC(=O)N2CCCCCC2)cc1C. The fraction of sp³-hybridized carbons (Fsp3) is 0.588. The van der Waals surface area contributed by atoms with Crippen LogP contribution >= 0.6 is 0 Å². The van der Waals surface area contributed by atoms with E-state index in [9.17, 15) is 13.2 Å². The van der Waals surface area contributed by atoms with Crippen molar-refractivity contribution in [1.82, 2.24) is 9.62 Å². The lowest BCUT2D eigenvalue weighted by Gasteiger charge is -2.20. The minimum absolute atomic E-state index is 0.0367. The quantitative estimate of drug-likeness (QED) is 0.896. The molecule has 5 nitrogen and oxygen atoms in total. The molecule has 1 heterocycles. The molecule has 0 saturated carbocycles. The highest BCUT2D eigenvalue weighted by Gasteiger charge is 2.18. The summed E-state index contributed by atoms with van der Waals surface area (Å²) >= 11 is 0. The van der Waals surface area contributed by atoms with E-state index in [2.05, 4.69) is 4.72 Å². The molecule has 0 spiro atoms. The highest BCUT2D eigenvalue weighted by atomic mass is 32.2. The van der Waals surface area contributed by atoms with Crippen molar-refractivity contribution in [3.05, 3.63) is 29.3 Å². The predicted octanol–water partition coefficient (Wildman–Crippen LogP) is 2.37. The molecule has 0 aromatic heterocycles. The topological polar surface area (TPSA) is 66.5 Å². The zero-order valence-electron chi connectivity index (χ0n) is 14.0. The molecule has 1 amide bonds. The number of aryl methyl sites for hydroxylation is 2. The van der Waals surface area contributed by atoms with Crippen LogP contribution in [0.25, 0.3) is 0 Å². The molecule has 1 aliphatic rings. The minimum atomic E-state index is -3.55. The summed E-state index contributed by atoms with van der Waals surface area (Å²) in [5.74, 6) is 0.0367. The average Bonchev–Trinajstić information content (AvgIpc) is 2.79. The van der Waals surface area contributed by atoms with E-state index < -0.39 is 10.0 Å². The number of hydrogen-bond acceptors (Lipinski definition) is 3. The van der Waals surface area contributed by atoms with Gasteiger partial charge in [0.25, 0.3) is 0 Å². The summed E-state index contributed by atoms with van der Waals surface area (Å²) in [6, 6.07) is 5.06. The molecule has 6 heteroatoms. The molecule has 1 N–H and O–H groups in total. The van der Waals surface area contributed by atoms with Gasteiger partial charge in [-0.15, -0.1) is 0 Å². The van der Waals surface area contributed by atoms with E-state index >= 15 is 0 Å². The van der Waals surface area contributed by atoms with Gasteiger partial charge < -0.3 is 4.90 Å². The third-order valence-electron chi connectivity index (χ3n) is 4.38. The zero-order valence-corrected chi connectivity index (χ0v) is 14.8. The van der Waals surface area contributed by atoms with Crippen molar-refractivity contribution in [1.29, 1.82) is 0 Å². The van der Waals surface area contributed by atoms with Crippen LogP contribution in [0.5, 0.6) is 0 Å². The second-order valence-corrected chi connectivity index (χ2v) is 7.96. The fourth-order valence-corrected chi connectivity index (χ4v) is 3.85. The lowest BCUT2D eigenvalue weighted by Crippen LogP contribution is -2.35. The molecule has 0 aliphatic carbocycles. The van der Waals surface area contributed by atoms with Gasteiger partial charge in [-0.05, 0) is 49.9 Å². The van der Waals surface area contributed by atoms with Crippen molar-refractivity contribution < 1.29 is 13.2 Å². The molecule has 1 aromatic rings. The Hall–Kier alpha value is -1.40. The first-order valence-electron chi connectivity index (χ1n) is 8.25. The maximum Gasteiger partial charge on any atom is 0.240 e. The molecule has 1 saturated heterocycles. The van der Waals surface area contributed by atoms with E-state index in [1.807, 2.05) is 18.7 Å². The summed E-state index contributed by atoms with van der Waals surface area (Å²) in [7, 11) is -3.55. The van der Waals surface area contributed by atoms with Crippen molar-refractivity contribution in [3.8, 4) is 0 Å². The van der Waals surface area contributed by atoms with Crippen LogP contribution in [0.2, 0.25) is 0 Å². The second-order valence-electron chi connectivity index (χ2n) is 6.19. The Kier molecular flexibility index (Phi) is 6.18. The van der Waals surface area contributed by atoms with Gasteiger partial charge in [0.05, 0.1) is 4.90 Å². The summed E-state index contributed by atoms with van der Waals surface area (Å²) < 4.78 is 27.1. The van der Waals surface area contributed by atoms with Gasteiger partial charge in [-0.2, -0.15) is 0 Å². The van der Waals surface area contributed by atoms with Gasteiger partial charge in [0.15, 0.2) is 0 Å². The molecule has 2 rings (SSSR count). The first kappa shape index (κ1) is 17.9. The molecule has 23 heavy (non-hydrogen) atoms. The Morgan fingerprint density at radius 1 is 1.09 bits per heavy atom. The van der Waals surface area contributed by atoms with Crippen molar-refractivity contribution in [3.63, 3.8) is 0 Å². The van der Waals surface area contributed by atoms with Crippen LogP contribution in [0.4, 0.5) is 0 Å². The summed E-state index contributed by atoms with van der Waals surface area (Å²) in [6.45, 7) is 5.56. The minimum Gasteiger partial charge on any atom is -0.343 e. The van der Waals surface area contributed by atoms with E-state index in [4.69, 9.17) is 0 Å². The van der Waals surface area contributed by atoms with Crippen LogP contribution in [-0.2, 0) is 14.8 Å². The first-order valence-corrected chi connectivity index (χ1v) is 9.73. The van der Waals surface area contributed by atoms with Crippen LogP contribution in [0.3, 0.4) is 0 Å². The molecular formula is C17H26N2O3S. The Balaban J connectivity index is 1.89. The van der Waals surface area contributed by atoms with Crippen molar-refractivity contribution in [2.45, 2.75) is 50.8 Å². The number of amides is 1. The number of hydrogen-bond donors (Lipinski definition) is 1. The van der Waals surface area contributed by atoms with Gasteiger partial charge in [0, 0.05) is 26.1 Å². The molecule has 0 atom stereocenters. The zero-order chi connectivity index (χ0) is 16.9. The molecule has 1 aliphatic heterocycles. The summed E-state index contributed by atoms with van der Waals surface area (Å²) in [5, 5.41) is 0. The summed E-state index contributed by atoms with van der Waals surface area (Å²) in [6.07, 6.45) is 4.64. The lowest BCUT2D eigenvalue weighted by atomic mass is 10.1.